The number of rotatable bonds is 4. The predicted octanol–water partition coefficient (Wildman–Crippen LogP) is 2.50. The molecule has 0 unspecified atom stereocenters. The lowest BCUT2D eigenvalue weighted by Crippen LogP contribution is -2.23. The number of para-hydroxylation sites is 1. The topological polar surface area (TPSA) is 29.5 Å². The normalized spacial score (nSPS) is 16.5. The quantitative estimate of drug-likeness (QED) is 0.820. The number of hydrogen-bond acceptors (Lipinski definition) is 2. The molecule has 1 N–H and O–H groups in total. The van der Waals surface area contributed by atoms with Crippen LogP contribution < -0.4 is 4.74 Å². The minimum Gasteiger partial charge on any atom is -0.490 e. The fourth-order valence-electron chi connectivity index (χ4n) is 1.58. The van der Waals surface area contributed by atoms with Gasteiger partial charge in [-0.1, -0.05) is 32.0 Å². The van der Waals surface area contributed by atoms with Gasteiger partial charge in [0.15, 0.2) is 0 Å². The highest BCUT2D eigenvalue weighted by Gasteiger charge is 2.28. The first-order chi connectivity index (χ1) is 7.13. The molecule has 0 saturated heterocycles. The van der Waals surface area contributed by atoms with Crippen LogP contribution in [0.3, 0.4) is 0 Å². The van der Waals surface area contributed by atoms with Gasteiger partial charge in [-0.05, 0) is 18.9 Å². The van der Waals surface area contributed by atoms with E-state index in [0.29, 0.717) is 6.10 Å². The van der Waals surface area contributed by atoms with Gasteiger partial charge in [0.2, 0.25) is 0 Å². The van der Waals surface area contributed by atoms with E-state index in [4.69, 9.17) is 4.74 Å². The Balaban J connectivity index is 2.27. The third-order valence-electron chi connectivity index (χ3n) is 2.83. The molecule has 0 aromatic heterocycles. The van der Waals surface area contributed by atoms with Crippen molar-refractivity contribution in [1.82, 2.24) is 0 Å². The number of aliphatic hydroxyl groups is 1. The molecule has 0 radical (unpaired) electrons. The molecule has 1 aliphatic rings. The molecule has 15 heavy (non-hydrogen) atoms. The first-order valence-corrected chi connectivity index (χ1v) is 5.50. The molecule has 1 saturated carbocycles. The maximum absolute atomic E-state index is 9.37. The van der Waals surface area contributed by atoms with Crippen LogP contribution in [0.15, 0.2) is 24.3 Å². The van der Waals surface area contributed by atoms with E-state index in [1.165, 1.54) is 0 Å². The van der Waals surface area contributed by atoms with Crippen LogP contribution in [0.25, 0.3) is 0 Å². The lowest BCUT2D eigenvalue weighted by atomic mass is 9.85. The lowest BCUT2D eigenvalue weighted by Gasteiger charge is -2.25. The first-order valence-electron chi connectivity index (χ1n) is 5.50. The Bertz CT molecular complexity index is 340. The summed E-state index contributed by atoms with van der Waals surface area (Å²) in [5, 5.41) is 9.37. The molecule has 2 nitrogen and oxygen atoms in total. The predicted molar refractivity (Wildman–Crippen MR) is 60.2 cm³/mol. The van der Waals surface area contributed by atoms with Gasteiger partial charge in [-0.2, -0.15) is 0 Å². The molecule has 0 spiro atoms. The summed E-state index contributed by atoms with van der Waals surface area (Å²) in [7, 11) is 0. The minimum absolute atomic E-state index is 0.137. The van der Waals surface area contributed by atoms with Crippen molar-refractivity contribution in [3.8, 4) is 5.75 Å². The summed E-state index contributed by atoms with van der Waals surface area (Å²) in [5.41, 5.74) is 0.866. The largest absolute Gasteiger partial charge is 0.490 e. The van der Waals surface area contributed by atoms with Crippen molar-refractivity contribution in [3.05, 3.63) is 29.8 Å². The van der Waals surface area contributed by atoms with Crippen molar-refractivity contribution in [3.63, 3.8) is 0 Å². The molecule has 0 atom stereocenters. The third-order valence-corrected chi connectivity index (χ3v) is 2.83. The van der Waals surface area contributed by atoms with E-state index >= 15 is 0 Å². The van der Waals surface area contributed by atoms with E-state index < -0.39 is 0 Å². The lowest BCUT2D eigenvalue weighted by molar-refractivity contribution is 0.211. The van der Waals surface area contributed by atoms with Gasteiger partial charge in [-0.15, -0.1) is 0 Å². The van der Waals surface area contributed by atoms with Gasteiger partial charge in [0.1, 0.15) is 5.75 Å². The number of benzene rings is 1. The standard InChI is InChI=1S/C13H18O2/c1-13(2,9-14)11-5-3-4-6-12(11)15-10-7-8-10/h3-6,10,14H,7-9H2,1-2H3. The third kappa shape index (κ3) is 2.32. The zero-order valence-corrected chi connectivity index (χ0v) is 9.36. The Hall–Kier alpha value is -1.02. The molecule has 1 fully saturated rings. The molecule has 2 heteroatoms. The monoisotopic (exact) mass is 206 g/mol. The summed E-state index contributed by atoms with van der Waals surface area (Å²) < 4.78 is 5.83. The van der Waals surface area contributed by atoms with Crippen molar-refractivity contribution in [2.45, 2.75) is 38.2 Å². The molecule has 0 aliphatic heterocycles. The van der Waals surface area contributed by atoms with Crippen molar-refractivity contribution in [2.75, 3.05) is 6.61 Å². The van der Waals surface area contributed by atoms with Gasteiger partial charge in [0.25, 0.3) is 0 Å². The van der Waals surface area contributed by atoms with Gasteiger partial charge in [0, 0.05) is 11.0 Å². The molecule has 1 aromatic carbocycles. The average Bonchev–Trinajstić information content (AvgIpc) is 3.02. The Kier molecular flexibility index (Phi) is 2.70. The average molecular weight is 206 g/mol. The first kappa shape index (κ1) is 10.5. The summed E-state index contributed by atoms with van der Waals surface area (Å²) in [5.74, 6) is 0.930. The van der Waals surface area contributed by atoms with Crippen LogP contribution >= 0.6 is 0 Å². The van der Waals surface area contributed by atoms with Crippen LogP contribution in [0.5, 0.6) is 5.75 Å². The Morgan fingerprint density at radius 3 is 2.60 bits per heavy atom. The fraction of sp³-hybridized carbons (Fsp3) is 0.538. The Morgan fingerprint density at radius 1 is 1.33 bits per heavy atom. The number of ether oxygens (including phenoxy) is 1. The van der Waals surface area contributed by atoms with Gasteiger partial charge >= 0.3 is 0 Å². The maximum Gasteiger partial charge on any atom is 0.123 e. The molecule has 0 amide bonds. The van der Waals surface area contributed by atoms with Crippen molar-refractivity contribution >= 4 is 0 Å². The van der Waals surface area contributed by atoms with E-state index in [0.717, 1.165) is 24.2 Å². The second-order valence-corrected chi connectivity index (χ2v) is 4.86. The molecule has 1 aliphatic carbocycles. The van der Waals surface area contributed by atoms with Crippen molar-refractivity contribution in [1.29, 1.82) is 0 Å². The van der Waals surface area contributed by atoms with E-state index in [-0.39, 0.29) is 12.0 Å². The highest BCUT2D eigenvalue weighted by molar-refractivity contribution is 5.39. The summed E-state index contributed by atoms with van der Waals surface area (Å²) in [6.45, 7) is 4.20. The highest BCUT2D eigenvalue weighted by Crippen LogP contribution is 2.35. The van der Waals surface area contributed by atoms with Gasteiger partial charge in [-0.25, -0.2) is 0 Å². The summed E-state index contributed by atoms with van der Waals surface area (Å²) in [6.07, 6.45) is 2.72. The summed E-state index contributed by atoms with van der Waals surface area (Å²) in [4.78, 5) is 0. The molecule has 2 rings (SSSR count). The molecular weight excluding hydrogens is 188 g/mol. The Morgan fingerprint density at radius 2 is 2.00 bits per heavy atom. The van der Waals surface area contributed by atoms with Gasteiger partial charge in [0.05, 0.1) is 12.7 Å². The number of hydrogen-bond donors (Lipinski definition) is 1. The van der Waals surface area contributed by atoms with E-state index in [9.17, 15) is 5.11 Å². The molecule has 0 bridgehead atoms. The van der Waals surface area contributed by atoms with E-state index in [1.54, 1.807) is 0 Å². The molecule has 82 valence electrons. The van der Waals surface area contributed by atoms with Crippen molar-refractivity contribution < 1.29 is 9.84 Å². The second kappa shape index (κ2) is 3.86. The van der Waals surface area contributed by atoms with E-state index in [2.05, 4.69) is 0 Å². The smallest absolute Gasteiger partial charge is 0.123 e. The van der Waals surface area contributed by atoms with Crippen LogP contribution in [0, 0.1) is 0 Å². The SMILES string of the molecule is CC(C)(CO)c1ccccc1OC1CC1. The van der Waals surface area contributed by atoms with Crippen LogP contribution in [0.4, 0.5) is 0 Å². The molecule has 1 aromatic rings. The van der Waals surface area contributed by atoms with Crippen molar-refractivity contribution in [2.24, 2.45) is 0 Å². The second-order valence-electron chi connectivity index (χ2n) is 4.86. The molecular formula is C13H18O2. The Labute approximate surface area is 90.9 Å². The maximum atomic E-state index is 9.37. The number of aliphatic hydroxyl groups excluding tert-OH is 1. The zero-order chi connectivity index (χ0) is 10.9. The fourth-order valence-corrected chi connectivity index (χ4v) is 1.58. The minimum atomic E-state index is -0.231. The zero-order valence-electron chi connectivity index (χ0n) is 9.36. The summed E-state index contributed by atoms with van der Waals surface area (Å²) >= 11 is 0. The van der Waals surface area contributed by atoms with Crippen LogP contribution in [0.2, 0.25) is 0 Å². The van der Waals surface area contributed by atoms with Crippen LogP contribution in [0.1, 0.15) is 32.3 Å². The highest BCUT2D eigenvalue weighted by atomic mass is 16.5. The van der Waals surface area contributed by atoms with Gasteiger partial charge in [-0.3, -0.25) is 0 Å². The van der Waals surface area contributed by atoms with Crippen LogP contribution in [-0.4, -0.2) is 17.8 Å². The van der Waals surface area contributed by atoms with E-state index in [1.807, 2.05) is 38.1 Å². The summed E-state index contributed by atoms with van der Waals surface area (Å²) in [6, 6.07) is 8.00. The molecule has 0 heterocycles. The van der Waals surface area contributed by atoms with Crippen LogP contribution in [-0.2, 0) is 5.41 Å². The van der Waals surface area contributed by atoms with Gasteiger partial charge < -0.3 is 9.84 Å².